The van der Waals surface area contributed by atoms with Crippen molar-refractivity contribution in [2.45, 2.75) is 51.5 Å². The van der Waals surface area contributed by atoms with Crippen LogP contribution in [-0.2, 0) is 0 Å². The maximum absolute atomic E-state index is 5.78. The first-order valence-electron chi connectivity index (χ1n) is 7.19. The highest BCUT2D eigenvalue weighted by Crippen LogP contribution is 2.32. The van der Waals surface area contributed by atoms with Crippen LogP contribution in [0.15, 0.2) is 30.3 Å². The number of rotatable bonds is 8. The second-order valence-corrected chi connectivity index (χ2v) is 5.19. The van der Waals surface area contributed by atoms with Crippen LogP contribution in [0.25, 0.3) is 0 Å². The van der Waals surface area contributed by atoms with Gasteiger partial charge >= 0.3 is 0 Å². The standard InChI is InChI=1S/C17H26N2/c1-4-6-8-13-16(19-18)17(14(3)5-2)15-11-9-7-10-12-15/h1,7,9-12,14,16-17,19H,5-6,8,13,18H2,2-3H3. The molecule has 2 heteroatoms. The molecule has 3 N–H and O–H groups in total. The molecule has 104 valence electrons. The highest BCUT2D eigenvalue weighted by atomic mass is 15.2. The lowest BCUT2D eigenvalue weighted by molar-refractivity contribution is 0.320. The lowest BCUT2D eigenvalue weighted by Crippen LogP contribution is -2.42. The average molecular weight is 258 g/mol. The van der Waals surface area contributed by atoms with Gasteiger partial charge in [-0.15, -0.1) is 12.3 Å². The molecule has 1 aromatic rings. The smallest absolute Gasteiger partial charge is 0.0282 e. The molecule has 0 saturated carbocycles. The fraction of sp³-hybridized carbons (Fsp3) is 0.529. The lowest BCUT2D eigenvalue weighted by Gasteiger charge is -2.31. The first kappa shape index (κ1) is 15.8. The van der Waals surface area contributed by atoms with Crippen molar-refractivity contribution in [3.8, 4) is 12.3 Å². The minimum atomic E-state index is 0.283. The van der Waals surface area contributed by atoms with Gasteiger partial charge in [0, 0.05) is 18.4 Å². The molecule has 19 heavy (non-hydrogen) atoms. The third kappa shape index (κ3) is 4.70. The maximum Gasteiger partial charge on any atom is 0.0282 e. The fourth-order valence-electron chi connectivity index (χ4n) is 2.68. The average Bonchev–Trinajstić information content (AvgIpc) is 2.47. The van der Waals surface area contributed by atoms with Gasteiger partial charge in [-0.3, -0.25) is 11.3 Å². The zero-order chi connectivity index (χ0) is 14.1. The minimum Gasteiger partial charge on any atom is -0.271 e. The molecule has 0 saturated heterocycles. The number of hydrazine groups is 1. The minimum absolute atomic E-state index is 0.283. The van der Waals surface area contributed by atoms with Crippen LogP contribution in [0.1, 0.15) is 51.0 Å². The van der Waals surface area contributed by atoms with Crippen molar-refractivity contribution in [1.82, 2.24) is 5.43 Å². The van der Waals surface area contributed by atoms with E-state index in [4.69, 9.17) is 12.3 Å². The quantitative estimate of drug-likeness (QED) is 0.324. The molecule has 0 aliphatic heterocycles. The molecule has 1 aromatic carbocycles. The summed E-state index contributed by atoms with van der Waals surface area (Å²) in [4.78, 5) is 0. The van der Waals surface area contributed by atoms with Crippen LogP contribution in [0.2, 0.25) is 0 Å². The summed E-state index contributed by atoms with van der Waals surface area (Å²) in [6.07, 6.45) is 9.33. The fourth-order valence-corrected chi connectivity index (χ4v) is 2.68. The third-order valence-corrected chi connectivity index (χ3v) is 3.93. The number of nitrogens with one attached hydrogen (secondary N) is 1. The Kier molecular flexibility index (Phi) is 7.25. The van der Waals surface area contributed by atoms with Crippen molar-refractivity contribution >= 4 is 0 Å². The molecule has 0 aliphatic rings. The zero-order valence-electron chi connectivity index (χ0n) is 12.1. The van der Waals surface area contributed by atoms with Gasteiger partial charge in [-0.2, -0.15) is 0 Å². The molecule has 0 heterocycles. The highest BCUT2D eigenvalue weighted by molar-refractivity contribution is 5.22. The van der Waals surface area contributed by atoms with Crippen molar-refractivity contribution < 1.29 is 0 Å². The van der Waals surface area contributed by atoms with Gasteiger partial charge in [-0.25, -0.2) is 0 Å². The number of nitrogens with two attached hydrogens (primary N) is 1. The van der Waals surface area contributed by atoms with Gasteiger partial charge in [0.25, 0.3) is 0 Å². The lowest BCUT2D eigenvalue weighted by atomic mass is 9.79. The number of benzene rings is 1. The Morgan fingerprint density at radius 3 is 2.53 bits per heavy atom. The van der Waals surface area contributed by atoms with Crippen LogP contribution in [-0.4, -0.2) is 6.04 Å². The molecule has 3 unspecified atom stereocenters. The number of hydrogen-bond donors (Lipinski definition) is 2. The van der Waals surface area contributed by atoms with Gasteiger partial charge in [0.05, 0.1) is 0 Å². The third-order valence-electron chi connectivity index (χ3n) is 3.93. The number of hydrogen-bond acceptors (Lipinski definition) is 2. The first-order chi connectivity index (χ1) is 9.24. The van der Waals surface area contributed by atoms with Crippen molar-refractivity contribution in [3.63, 3.8) is 0 Å². The summed E-state index contributed by atoms with van der Waals surface area (Å²) in [5.41, 5.74) is 4.37. The molecule has 1 rings (SSSR count). The van der Waals surface area contributed by atoms with E-state index in [1.165, 1.54) is 5.56 Å². The second kappa shape index (κ2) is 8.74. The van der Waals surface area contributed by atoms with Gasteiger partial charge in [-0.05, 0) is 24.3 Å². The molecule has 0 aliphatic carbocycles. The number of terminal acetylenes is 1. The predicted molar refractivity (Wildman–Crippen MR) is 82.4 cm³/mol. The predicted octanol–water partition coefficient (Wildman–Crippen LogP) is 3.45. The normalized spacial score (nSPS) is 15.5. The van der Waals surface area contributed by atoms with Crippen molar-refractivity contribution in [2.24, 2.45) is 11.8 Å². The van der Waals surface area contributed by atoms with Gasteiger partial charge in [-0.1, -0.05) is 50.6 Å². The van der Waals surface area contributed by atoms with Crippen molar-refractivity contribution in [1.29, 1.82) is 0 Å². The van der Waals surface area contributed by atoms with Crippen LogP contribution >= 0.6 is 0 Å². The summed E-state index contributed by atoms with van der Waals surface area (Å²) in [7, 11) is 0. The number of unbranched alkanes of at least 4 members (excludes halogenated alkanes) is 1. The van der Waals surface area contributed by atoms with Crippen molar-refractivity contribution in [3.05, 3.63) is 35.9 Å². The van der Waals surface area contributed by atoms with E-state index in [2.05, 4.69) is 55.5 Å². The molecule has 0 bridgehead atoms. The van der Waals surface area contributed by atoms with E-state index >= 15 is 0 Å². The van der Waals surface area contributed by atoms with E-state index < -0.39 is 0 Å². The molecule has 0 fully saturated rings. The first-order valence-corrected chi connectivity index (χ1v) is 7.19. The summed E-state index contributed by atoms with van der Waals surface area (Å²) in [6.45, 7) is 4.53. The second-order valence-electron chi connectivity index (χ2n) is 5.19. The van der Waals surface area contributed by atoms with Crippen molar-refractivity contribution in [2.75, 3.05) is 0 Å². The Hall–Kier alpha value is -1.30. The largest absolute Gasteiger partial charge is 0.271 e. The topological polar surface area (TPSA) is 38.0 Å². The van der Waals surface area contributed by atoms with Gasteiger partial charge in [0.15, 0.2) is 0 Å². The maximum atomic E-state index is 5.78. The van der Waals surface area contributed by atoms with E-state index in [9.17, 15) is 0 Å². The van der Waals surface area contributed by atoms with Gasteiger partial charge in [0.2, 0.25) is 0 Å². The summed E-state index contributed by atoms with van der Waals surface area (Å²) in [5, 5.41) is 0. The summed E-state index contributed by atoms with van der Waals surface area (Å²) < 4.78 is 0. The molecular formula is C17H26N2. The Bertz CT molecular complexity index is 380. The van der Waals surface area contributed by atoms with Crippen LogP contribution in [0.5, 0.6) is 0 Å². The summed E-state index contributed by atoms with van der Waals surface area (Å²) in [5.74, 6) is 9.52. The van der Waals surface area contributed by atoms with E-state index in [0.29, 0.717) is 11.8 Å². The Balaban J connectivity index is 2.86. The van der Waals surface area contributed by atoms with Crippen LogP contribution in [0.3, 0.4) is 0 Å². The summed E-state index contributed by atoms with van der Waals surface area (Å²) in [6, 6.07) is 10.9. The van der Waals surface area contributed by atoms with E-state index in [-0.39, 0.29) is 6.04 Å². The van der Waals surface area contributed by atoms with Crippen LogP contribution in [0, 0.1) is 18.3 Å². The molecular weight excluding hydrogens is 232 g/mol. The van der Waals surface area contributed by atoms with Crippen LogP contribution in [0.4, 0.5) is 0 Å². The highest BCUT2D eigenvalue weighted by Gasteiger charge is 2.26. The molecule has 3 atom stereocenters. The van der Waals surface area contributed by atoms with E-state index in [1.54, 1.807) is 0 Å². The Morgan fingerprint density at radius 1 is 1.32 bits per heavy atom. The molecule has 0 amide bonds. The Morgan fingerprint density at radius 2 is 2.00 bits per heavy atom. The zero-order valence-corrected chi connectivity index (χ0v) is 12.1. The molecule has 0 spiro atoms. The Labute approximate surface area is 117 Å². The van der Waals surface area contributed by atoms with Crippen LogP contribution < -0.4 is 11.3 Å². The van der Waals surface area contributed by atoms with Gasteiger partial charge < -0.3 is 0 Å². The van der Waals surface area contributed by atoms with E-state index in [0.717, 1.165) is 25.7 Å². The molecule has 2 nitrogen and oxygen atoms in total. The molecule has 0 aromatic heterocycles. The monoisotopic (exact) mass is 258 g/mol. The van der Waals surface area contributed by atoms with Gasteiger partial charge in [0.1, 0.15) is 0 Å². The SMILES string of the molecule is C#CCCCC(NN)C(c1ccccc1)C(C)CC. The molecule has 0 radical (unpaired) electrons. The summed E-state index contributed by atoms with van der Waals surface area (Å²) >= 11 is 0. The van der Waals surface area contributed by atoms with E-state index in [1.807, 2.05) is 0 Å².